The van der Waals surface area contributed by atoms with Crippen molar-refractivity contribution in [1.29, 1.82) is 0 Å². The molecule has 0 amide bonds. The average molecular weight is 342 g/mol. The zero-order chi connectivity index (χ0) is 17.7. The maximum Gasteiger partial charge on any atom is 0.0555 e. The summed E-state index contributed by atoms with van der Waals surface area (Å²) >= 11 is 0. The number of rotatable bonds is 20. The Balaban J connectivity index is 3.63. The van der Waals surface area contributed by atoms with Crippen LogP contribution >= 0.6 is 0 Å². The lowest BCUT2D eigenvalue weighted by Crippen LogP contribution is -2.25. The lowest BCUT2D eigenvalue weighted by molar-refractivity contribution is 0.283. The predicted octanol–water partition coefficient (Wildman–Crippen LogP) is 6.47. The fourth-order valence-corrected chi connectivity index (χ4v) is 3.51. The number of aliphatic hydroxyl groups is 1. The van der Waals surface area contributed by atoms with E-state index in [-0.39, 0.29) is 6.61 Å². The van der Waals surface area contributed by atoms with Gasteiger partial charge in [0, 0.05) is 6.54 Å². The lowest BCUT2D eigenvalue weighted by atomic mass is 9.94. The van der Waals surface area contributed by atoms with Crippen LogP contribution in [0.5, 0.6) is 0 Å². The third-order valence-electron chi connectivity index (χ3n) is 5.15. The molecule has 0 aliphatic heterocycles. The van der Waals surface area contributed by atoms with Crippen LogP contribution in [-0.2, 0) is 0 Å². The van der Waals surface area contributed by atoms with Crippen LogP contribution in [0.3, 0.4) is 0 Å². The maximum atomic E-state index is 8.95. The summed E-state index contributed by atoms with van der Waals surface area (Å²) in [4.78, 5) is 0. The molecule has 1 unspecified atom stereocenters. The summed E-state index contributed by atoms with van der Waals surface area (Å²) in [6.07, 6.45) is 22.4. The zero-order valence-electron chi connectivity index (χ0n) is 17.0. The Hall–Kier alpha value is -0.0800. The third kappa shape index (κ3) is 18.3. The van der Waals surface area contributed by atoms with Crippen LogP contribution in [0.25, 0.3) is 0 Å². The molecule has 0 aromatic heterocycles. The average Bonchev–Trinajstić information content (AvgIpc) is 2.59. The smallest absolute Gasteiger partial charge is 0.0555 e. The predicted molar refractivity (Wildman–Crippen MR) is 109 cm³/mol. The first-order valence-electron chi connectivity index (χ1n) is 11.2. The SMILES string of the molecule is CCCCCCCCCCC(CCCCCCCC)CNCCO. The molecule has 0 saturated heterocycles. The minimum Gasteiger partial charge on any atom is -0.395 e. The van der Waals surface area contributed by atoms with Crippen LogP contribution in [0.4, 0.5) is 0 Å². The molecule has 0 aliphatic carbocycles. The lowest BCUT2D eigenvalue weighted by Gasteiger charge is -2.17. The van der Waals surface area contributed by atoms with Gasteiger partial charge in [-0.15, -0.1) is 0 Å². The minimum absolute atomic E-state index is 0.265. The summed E-state index contributed by atoms with van der Waals surface area (Å²) in [5, 5.41) is 12.4. The normalized spacial score (nSPS) is 12.6. The summed E-state index contributed by atoms with van der Waals surface area (Å²) in [5.74, 6) is 0.822. The van der Waals surface area contributed by atoms with Crippen molar-refractivity contribution in [3.8, 4) is 0 Å². The summed E-state index contributed by atoms with van der Waals surface area (Å²) in [7, 11) is 0. The van der Waals surface area contributed by atoms with Crippen molar-refractivity contribution in [3.63, 3.8) is 0 Å². The van der Waals surface area contributed by atoms with Gasteiger partial charge in [-0.1, -0.05) is 104 Å². The van der Waals surface area contributed by atoms with Crippen LogP contribution in [0, 0.1) is 5.92 Å². The highest BCUT2D eigenvalue weighted by Crippen LogP contribution is 2.19. The molecule has 0 aromatic rings. The van der Waals surface area contributed by atoms with Gasteiger partial charge in [0.15, 0.2) is 0 Å². The Morgan fingerprint density at radius 3 is 1.46 bits per heavy atom. The highest BCUT2D eigenvalue weighted by atomic mass is 16.3. The highest BCUT2D eigenvalue weighted by molar-refractivity contribution is 4.64. The van der Waals surface area contributed by atoms with E-state index in [1.807, 2.05) is 0 Å². The van der Waals surface area contributed by atoms with E-state index in [1.165, 1.54) is 103 Å². The van der Waals surface area contributed by atoms with E-state index in [0.29, 0.717) is 0 Å². The standard InChI is InChI=1S/C22H47NO/c1-3-5-7-9-11-12-14-16-18-22(21-23-19-20-24)17-15-13-10-8-6-4-2/h22-24H,3-21H2,1-2H3. The molecular weight excluding hydrogens is 294 g/mol. The first-order valence-corrected chi connectivity index (χ1v) is 11.2. The van der Waals surface area contributed by atoms with Gasteiger partial charge in [-0.3, -0.25) is 0 Å². The number of aliphatic hydroxyl groups excluding tert-OH is 1. The van der Waals surface area contributed by atoms with Crippen molar-refractivity contribution >= 4 is 0 Å². The first-order chi connectivity index (χ1) is 11.8. The van der Waals surface area contributed by atoms with E-state index in [0.717, 1.165) is 19.0 Å². The molecule has 0 radical (unpaired) electrons. The van der Waals surface area contributed by atoms with Crippen LogP contribution in [0.2, 0.25) is 0 Å². The molecular formula is C22H47NO. The second-order valence-electron chi connectivity index (χ2n) is 7.61. The minimum atomic E-state index is 0.265. The largest absolute Gasteiger partial charge is 0.395 e. The summed E-state index contributed by atoms with van der Waals surface area (Å²) in [6.45, 7) is 6.69. The van der Waals surface area contributed by atoms with Gasteiger partial charge in [-0.05, 0) is 25.3 Å². The van der Waals surface area contributed by atoms with Gasteiger partial charge < -0.3 is 10.4 Å². The van der Waals surface area contributed by atoms with Crippen LogP contribution in [0.1, 0.15) is 117 Å². The van der Waals surface area contributed by atoms with Crippen molar-refractivity contribution in [3.05, 3.63) is 0 Å². The number of nitrogens with one attached hydrogen (secondary N) is 1. The van der Waals surface area contributed by atoms with Crippen molar-refractivity contribution in [1.82, 2.24) is 5.32 Å². The molecule has 0 aliphatic rings. The monoisotopic (exact) mass is 341 g/mol. The molecule has 0 heterocycles. The number of hydrogen-bond acceptors (Lipinski definition) is 2. The highest BCUT2D eigenvalue weighted by Gasteiger charge is 2.08. The van der Waals surface area contributed by atoms with E-state index < -0.39 is 0 Å². The molecule has 0 bridgehead atoms. The fraction of sp³-hybridized carbons (Fsp3) is 1.00. The van der Waals surface area contributed by atoms with Crippen LogP contribution in [-0.4, -0.2) is 24.8 Å². The molecule has 24 heavy (non-hydrogen) atoms. The van der Waals surface area contributed by atoms with Crippen molar-refractivity contribution < 1.29 is 5.11 Å². The van der Waals surface area contributed by atoms with Crippen molar-refractivity contribution in [2.24, 2.45) is 5.92 Å². The maximum absolute atomic E-state index is 8.95. The molecule has 2 N–H and O–H groups in total. The Bertz CT molecular complexity index is 220. The number of hydrogen-bond donors (Lipinski definition) is 2. The molecule has 0 saturated carbocycles. The second-order valence-corrected chi connectivity index (χ2v) is 7.61. The first kappa shape index (κ1) is 23.9. The van der Waals surface area contributed by atoms with Crippen LogP contribution < -0.4 is 5.32 Å². The Morgan fingerprint density at radius 1 is 0.625 bits per heavy atom. The van der Waals surface area contributed by atoms with Gasteiger partial charge in [0.05, 0.1) is 6.61 Å². The molecule has 0 spiro atoms. The second kappa shape index (κ2) is 21.0. The van der Waals surface area contributed by atoms with Gasteiger partial charge in [-0.2, -0.15) is 0 Å². The molecule has 1 atom stereocenters. The zero-order valence-corrected chi connectivity index (χ0v) is 17.0. The van der Waals surface area contributed by atoms with Crippen molar-refractivity contribution in [2.75, 3.05) is 19.7 Å². The molecule has 0 aromatic carbocycles. The Labute approximate surface area is 153 Å². The van der Waals surface area contributed by atoms with E-state index in [2.05, 4.69) is 19.2 Å². The molecule has 146 valence electrons. The Kier molecular flexibility index (Phi) is 20.9. The summed E-state index contributed by atoms with van der Waals surface area (Å²) in [6, 6.07) is 0. The molecule has 0 fully saturated rings. The van der Waals surface area contributed by atoms with E-state index in [9.17, 15) is 0 Å². The van der Waals surface area contributed by atoms with Gasteiger partial charge in [0.1, 0.15) is 0 Å². The Morgan fingerprint density at radius 2 is 1.04 bits per heavy atom. The quantitative estimate of drug-likeness (QED) is 0.249. The summed E-state index contributed by atoms with van der Waals surface area (Å²) < 4.78 is 0. The third-order valence-corrected chi connectivity index (χ3v) is 5.15. The van der Waals surface area contributed by atoms with Gasteiger partial charge in [0.2, 0.25) is 0 Å². The summed E-state index contributed by atoms with van der Waals surface area (Å²) in [5.41, 5.74) is 0. The van der Waals surface area contributed by atoms with Crippen LogP contribution in [0.15, 0.2) is 0 Å². The van der Waals surface area contributed by atoms with E-state index in [4.69, 9.17) is 5.11 Å². The fourth-order valence-electron chi connectivity index (χ4n) is 3.51. The topological polar surface area (TPSA) is 32.3 Å². The molecule has 2 heteroatoms. The van der Waals surface area contributed by atoms with Gasteiger partial charge in [0.25, 0.3) is 0 Å². The molecule has 0 rings (SSSR count). The van der Waals surface area contributed by atoms with Gasteiger partial charge >= 0.3 is 0 Å². The van der Waals surface area contributed by atoms with Gasteiger partial charge in [-0.25, -0.2) is 0 Å². The molecule has 2 nitrogen and oxygen atoms in total. The van der Waals surface area contributed by atoms with E-state index >= 15 is 0 Å². The number of unbranched alkanes of at least 4 members (excludes halogenated alkanes) is 12. The van der Waals surface area contributed by atoms with E-state index in [1.54, 1.807) is 0 Å². The van der Waals surface area contributed by atoms with Crippen molar-refractivity contribution in [2.45, 2.75) is 117 Å².